The molecule has 0 aliphatic heterocycles. The van der Waals surface area contributed by atoms with Gasteiger partial charge in [-0.3, -0.25) is 0 Å². The molecule has 0 unspecified atom stereocenters. The molecule has 0 saturated carbocycles. The Hall–Kier alpha value is -3.45. The maximum Gasteiger partial charge on any atom is 0.440 e. The largest absolute Gasteiger partial charge is 0.451 e. The third-order valence-corrected chi connectivity index (χ3v) is 3.75. The quantitative estimate of drug-likeness (QED) is 0.543. The number of alkyl halides is 3. The first-order chi connectivity index (χ1) is 13.8. The van der Waals surface area contributed by atoms with Crippen molar-refractivity contribution < 1.29 is 32.4 Å². The van der Waals surface area contributed by atoms with Gasteiger partial charge >= 0.3 is 12.3 Å². The Morgan fingerprint density at radius 3 is 2.66 bits per heavy atom. The number of hydrogen-bond donors (Lipinski definition) is 1. The van der Waals surface area contributed by atoms with Crippen molar-refractivity contribution >= 4 is 23.4 Å². The molecule has 0 fully saturated rings. The Kier molecular flexibility index (Phi) is 7.27. The van der Waals surface area contributed by atoms with E-state index in [1.54, 1.807) is 6.07 Å². The second-order valence-corrected chi connectivity index (χ2v) is 5.73. The fourth-order valence-electron chi connectivity index (χ4n) is 2.09. The van der Waals surface area contributed by atoms with Crippen molar-refractivity contribution in [1.82, 2.24) is 5.48 Å². The summed E-state index contributed by atoms with van der Waals surface area (Å²) >= 11 is 5.94. The number of oxime groups is 1. The lowest BCUT2D eigenvalue weighted by molar-refractivity contribution is -0.138. The van der Waals surface area contributed by atoms with E-state index < -0.39 is 24.4 Å². The first kappa shape index (κ1) is 21.8. The molecule has 0 heterocycles. The minimum absolute atomic E-state index is 0.0140. The molecule has 1 amide bonds. The Bertz CT molecular complexity index is 958. The second kappa shape index (κ2) is 9.66. The molecule has 152 valence electrons. The SMILES string of the molecule is COC(=O)NOc1cc(/C(C#N)=N/OCc2ccccc2C(F)(F)F)ccc1Cl. The Morgan fingerprint density at radius 1 is 1.28 bits per heavy atom. The highest BCUT2D eigenvalue weighted by atomic mass is 35.5. The summed E-state index contributed by atoms with van der Waals surface area (Å²) in [5.74, 6) is -0.0140. The van der Waals surface area contributed by atoms with Gasteiger partial charge in [0.05, 0.1) is 17.7 Å². The van der Waals surface area contributed by atoms with E-state index >= 15 is 0 Å². The Morgan fingerprint density at radius 2 is 2.00 bits per heavy atom. The molecule has 0 aliphatic carbocycles. The fourth-order valence-corrected chi connectivity index (χ4v) is 2.25. The van der Waals surface area contributed by atoms with Crippen molar-refractivity contribution in [3.63, 3.8) is 0 Å². The maximum absolute atomic E-state index is 13.0. The number of rotatable bonds is 6. The van der Waals surface area contributed by atoms with Crippen LogP contribution in [0, 0.1) is 11.3 Å². The van der Waals surface area contributed by atoms with E-state index in [1.165, 1.54) is 36.4 Å². The molecule has 0 spiro atoms. The molecule has 1 N–H and O–H groups in total. The van der Waals surface area contributed by atoms with Crippen LogP contribution in [0.4, 0.5) is 18.0 Å². The maximum atomic E-state index is 13.0. The topological polar surface area (TPSA) is 92.9 Å². The van der Waals surface area contributed by atoms with E-state index in [2.05, 4.69) is 9.89 Å². The molecule has 29 heavy (non-hydrogen) atoms. The van der Waals surface area contributed by atoms with E-state index in [9.17, 15) is 23.2 Å². The number of nitrogens with zero attached hydrogens (tertiary/aromatic N) is 2. The van der Waals surface area contributed by atoms with Crippen molar-refractivity contribution in [2.75, 3.05) is 7.11 Å². The van der Waals surface area contributed by atoms with Crippen molar-refractivity contribution in [1.29, 1.82) is 5.26 Å². The second-order valence-electron chi connectivity index (χ2n) is 5.32. The van der Waals surface area contributed by atoms with Gasteiger partial charge in [0.25, 0.3) is 0 Å². The molecule has 2 aromatic rings. The molecule has 2 aromatic carbocycles. The predicted octanol–water partition coefficient (Wildman–Crippen LogP) is 4.45. The molecule has 0 aromatic heterocycles. The van der Waals surface area contributed by atoms with Crippen LogP contribution >= 0.6 is 11.6 Å². The van der Waals surface area contributed by atoms with Gasteiger partial charge in [0.2, 0.25) is 0 Å². The van der Waals surface area contributed by atoms with Crippen LogP contribution in [0.15, 0.2) is 47.6 Å². The average Bonchev–Trinajstić information content (AvgIpc) is 2.70. The molecule has 2 rings (SSSR count). The smallest absolute Gasteiger partial charge is 0.440 e. The van der Waals surface area contributed by atoms with Gasteiger partial charge in [0.15, 0.2) is 11.5 Å². The summed E-state index contributed by atoms with van der Waals surface area (Å²) in [6, 6.07) is 10.7. The van der Waals surface area contributed by atoms with Gasteiger partial charge in [-0.05, 0) is 18.2 Å². The minimum atomic E-state index is -4.54. The van der Waals surface area contributed by atoms with Crippen molar-refractivity contribution in [3.8, 4) is 11.8 Å². The molecule has 0 radical (unpaired) electrons. The monoisotopic (exact) mass is 427 g/mol. The number of nitriles is 1. The number of hydroxylamine groups is 1. The van der Waals surface area contributed by atoms with Crippen LogP contribution in [0.2, 0.25) is 5.02 Å². The zero-order valence-corrected chi connectivity index (χ0v) is 15.5. The molecule has 0 atom stereocenters. The Balaban J connectivity index is 2.17. The van der Waals surface area contributed by atoms with Crippen LogP contribution in [-0.2, 0) is 22.4 Å². The van der Waals surface area contributed by atoms with Crippen LogP contribution in [0.1, 0.15) is 16.7 Å². The Labute approximate surface area is 168 Å². The number of nitrogens with one attached hydrogen (secondary N) is 1. The lowest BCUT2D eigenvalue weighted by Gasteiger charge is -2.11. The van der Waals surface area contributed by atoms with Crippen molar-refractivity contribution in [3.05, 3.63) is 64.2 Å². The van der Waals surface area contributed by atoms with Gasteiger partial charge < -0.3 is 14.4 Å². The summed E-state index contributed by atoms with van der Waals surface area (Å²) < 4.78 is 43.3. The molecule has 0 bridgehead atoms. The van der Waals surface area contributed by atoms with Gasteiger partial charge in [-0.2, -0.15) is 23.9 Å². The van der Waals surface area contributed by atoms with Gasteiger partial charge in [-0.1, -0.05) is 41.0 Å². The summed E-state index contributed by atoms with van der Waals surface area (Å²) in [6.07, 6.45) is -5.43. The third kappa shape index (κ3) is 6.02. The van der Waals surface area contributed by atoms with E-state index in [4.69, 9.17) is 21.3 Å². The van der Waals surface area contributed by atoms with Crippen molar-refractivity contribution in [2.24, 2.45) is 5.16 Å². The van der Waals surface area contributed by atoms with Gasteiger partial charge in [-0.15, -0.1) is 0 Å². The van der Waals surface area contributed by atoms with Crippen LogP contribution in [-0.4, -0.2) is 18.9 Å². The molecular formula is C18H13ClF3N3O4. The summed E-state index contributed by atoms with van der Waals surface area (Å²) in [4.78, 5) is 21.0. The van der Waals surface area contributed by atoms with Crippen molar-refractivity contribution in [2.45, 2.75) is 12.8 Å². The van der Waals surface area contributed by atoms with E-state index in [1.807, 2.05) is 5.48 Å². The van der Waals surface area contributed by atoms with E-state index in [-0.39, 0.29) is 27.6 Å². The molecule has 0 aliphatic rings. The number of methoxy groups -OCH3 is 1. The third-order valence-electron chi connectivity index (χ3n) is 3.44. The number of carbonyl (C=O) groups excluding carboxylic acids is 1. The average molecular weight is 428 g/mol. The van der Waals surface area contributed by atoms with Crippen LogP contribution in [0.5, 0.6) is 5.75 Å². The summed E-state index contributed by atoms with van der Waals surface area (Å²) in [5.41, 5.74) is 0.915. The molecule has 11 heteroatoms. The predicted molar refractivity (Wildman–Crippen MR) is 96.0 cm³/mol. The molecule has 0 saturated heterocycles. The van der Waals surface area contributed by atoms with E-state index in [0.29, 0.717) is 0 Å². The van der Waals surface area contributed by atoms with Crippen LogP contribution in [0.3, 0.4) is 0 Å². The fraction of sp³-hybridized carbons (Fsp3) is 0.167. The summed E-state index contributed by atoms with van der Waals surface area (Å²) in [7, 11) is 1.13. The highest BCUT2D eigenvalue weighted by Crippen LogP contribution is 2.32. The van der Waals surface area contributed by atoms with Gasteiger partial charge in [0.1, 0.15) is 12.7 Å². The lowest BCUT2D eigenvalue weighted by Crippen LogP contribution is -2.26. The van der Waals surface area contributed by atoms with Crippen LogP contribution in [0.25, 0.3) is 0 Å². The minimum Gasteiger partial charge on any atom is -0.451 e. The number of carbonyl (C=O) groups is 1. The van der Waals surface area contributed by atoms with Gasteiger partial charge in [0, 0.05) is 11.1 Å². The number of hydrogen-bond acceptors (Lipinski definition) is 6. The van der Waals surface area contributed by atoms with Gasteiger partial charge in [-0.25, -0.2) is 4.79 Å². The summed E-state index contributed by atoms with van der Waals surface area (Å²) in [6.45, 7) is -0.498. The lowest BCUT2D eigenvalue weighted by atomic mass is 10.1. The highest BCUT2D eigenvalue weighted by molar-refractivity contribution is 6.32. The van der Waals surface area contributed by atoms with E-state index in [0.717, 1.165) is 13.2 Å². The number of ether oxygens (including phenoxy) is 1. The first-order valence-electron chi connectivity index (χ1n) is 7.82. The molecule has 7 nitrogen and oxygen atoms in total. The summed E-state index contributed by atoms with van der Waals surface area (Å²) in [5, 5.41) is 13.0. The zero-order valence-electron chi connectivity index (χ0n) is 14.8. The number of halogens is 4. The normalized spacial score (nSPS) is 11.4. The molecular weight excluding hydrogens is 415 g/mol. The zero-order chi connectivity index (χ0) is 21.4. The van der Waals surface area contributed by atoms with Crippen LogP contribution < -0.4 is 10.3 Å². The number of benzene rings is 2. The highest BCUT2D eigenvalue weighted by Gasteiger charge is 2.33. The number of amides is 1. The first-order valence-corrected chi connectivity index (χ1v) is 8.20. The standard InChI is InChI=1S/C18H13ClF3N3O4/c1-27-17(26)25-29-16-8-11(6-7-14(16)19)15(9-23)24-28-10-12-4-2-3-5-13(12)18(20,21)22/h2-8H,10H2,1H3,(H,25,26)/b24-15+.